The van der Waals surface area contributed by atoms with Crippen molar-refractivity contribution in [1.82, 2.24) is 9.55 Å². The van der Waals surface area contributed by atoms with Gasteiger partial charge >= 0.3 is 6.18 Å². The fourth-order valence-electron chi connectivity index (χ4n) is 1.85. The minimum absolute atomic E-state index is 0.0763. The number of alkyl halides is 4. The SMILES string of the molecule is Cc1ncn(-c2ccc(CCl)c(C(F)(F)F)c2)c1C. The second-order valence-corrected chi connectivity index (χ2v) is 4.53. The Labute approximate surface area is 113 Å². The summed E-state index contributed by atoms with van der Waals surface area (Å²) in [7, 11) is 0. The third-order valence-corrected chi connectivity index (χ3v) is 3.36. The van der Waals surface area contributed by atoms with Gasteiger partial charge in [0.2, 0.25) is 0 Å². The van der Waals surface area contributed by atoms with Crippen LogP contribution in [0, 0.1) is 13.8 Å². The maximum absolute atomic E-state index is 13.0. The van der Waals surface area contributed by atoms with Gasteiger partial charge in [0.25, 0.3) is 0 Å². The molecule has 0 atom stereocenters. The van der Waals surface area contributed by atoms with Gasteiger partial charge in [0.1, 0.15) is 0 Å². The molecular weight excluding hydrogens is 277 g/mol. The van der Waals surface area contributed by atoms with Crippen molar-refractivity contribution in [2.75, 3.05) is 0 Å². The first-order valence-corrected chi connectivity index (χ1v) is 6.15. The van der Waals surface area contributed by atoms with E-state index in [0.29, 0.717) is 5.69 Å². The number of aromatic nitrogens is 2. The quantitative estimate of drug-likeness (QED) is 0.756. The molecule has 0 spiro atoms. The number of hydrogen-bond donors (Lipinski definition) is 0. The first kappa shape index (κ1) is 13.9. The summed E-state index contributed by atoms with van der Waals surface area (Å²) >= 11 is 5.55. The fourth-order valence-corrected chi connectivity index (χ4v) is 2.09. The second kappa shape index (κ2) is 4.89. The monoisotopic (exact) mass is 288 g/mol. The zero-order chi connectivity index (χ0) is 14.2. The average Bonchev–Trinajstić information content (AvgIpc) is 2.68. The largest absolute Gasteiger partial charge is 0.416 e. The Morgan fingerprint density at radius 2 is 1.95 bits per heavy atom. The summed E-state index contributed by atoms with van der Waals surface area (Å²) in [6.45, 7) is 3.62. The van der Waals surface area contributed by atoms with Gasteiger partial charge in [-0.25, -0.2) is 4.98 Å². The molecule has 0 fully saturated rings. The highest BCUT2D eigenvalue weighted by atomic mass is 35.5. The number of halogens is 4. The molecule has 0 aliphatic rings. The third-order valence-electron chi connectivity index (χ3n) is 3.07. The lowest BCUT2D eigenvalue weighted by Crippen LogP contribution is -2.10. The van der Waals surface area contributed by atoms with Crippen molar-refractivity contribution < 1.29 is 13.2 Å². The molecule has 102 valence electrons. The molecule has 0 amide bonds. The van der Waals surface area contributed by atoms with Gasteiger partial charge in [-0.1, -0.05) is 6.07 Å². The van der Waals surface area contributed by atoms with E-state index < -0.39 is 11.7 Å². The smallest absolute Gasteiger partial charge is 0.303 e. The van der Waals surface area contributed by atoms with Crippen molar-refractivity contribution in [3.8, 4) is 5.69 Å². The van der Waals surface area contributed by atoms with Crippen molar-refractivity contribution in [2.24, 2.45) is 0 Å². The lowest BCUT2D eigenvalue weighted by Gasteiger charge is -2.14. The third kappa shape index (κ3) is 2.61. The Balaban J connectivity index is 2.58. The molecule has 1 aromatic heterocycles. The minimum Gasteiger partial charge on any atom is -0.303 e. The van der Waals surface area contributed by atoms with E-state index in [2.05, 4.69) is 4.98 Å². The summed E-state index contributed by atoms with van der Waals surface area (Å²) in [4.78, 5) is 4.08. The Hall–Kier alpha value is -1.49. The van der Waals surface area contributed by atoms with Gasteiger partial charge in [-0.15, -0.1) is 11.6 Å². The first-order valence-electron chi connectivity index (χ1n) is 5.61. The van der Waals surface area contributed by atoms with Crippen LogP contribution in [0.4, 0.5) is 13.2 Å². The lowest BCUT2D eigenvalue weighted by atomic mass is 10.1. The van der Waals surface area contributed by atoms with Gasteiger partial charge in [-0.2, -0.15) is 13.2 Å². The molecule has 0 N–H and O–H groups in total. The van der Waals surface area contributed by atoms with Gasteiger partial charge < -0.3 is 4.57 Å². The summed E-state index contributed by atoms with van der Waals surface area (Å²) in [5.74, 6) is -0.170. The van der Waals surface area contributed by atoms with Crippen LogP contribution in [0.5, 0.6) is 0 Å². The van der Waals surface area contributed by atoms with Crippen molar-refractivity contribution in [3.63, 3.8) is 0 Å². The van der Waals surface area contributed by atoms with E-state index >= 15 is 0 Å². The number of benzene rings is 1. The topological polar surface area (TPSA) is 17.8 Å². The molecule has 6 heteroatoms. The standard InChI is InChI=1S/C13H12ClF3N2/c1-8-9(2)19(7-18-8)11-4-3-10(6-14)12(5-11)13(15,16)17/h3-5,7H,6H2,1-2H3. The van der Waals surface area contributed by atoms with Crippen LogP contribution in [0.25, 0.3) is 5.69 Å². The summed E-state index contributed by atoms with van der Waals surface area (Å²) < 4.78 is 40.5. The number of imidazole rings is 1. The molecule has 1 aromatic carbocycles. The molecule has 0 saturated carbocycles. The van der Waals surface area contributed by atoms with Crippen LogP contribution in [-0.4, -0.2) is 9.55 Å². The highest BCUT2D eigenvalue weighted by molar-refractivity contribution is 6.17. The van der Waals surface area contributed by atoms with E-state index in [-0.39, 0.29) is 11.4 Å². The first-order chi connectivity index (χ1) is 8.84. The van der Waals surface area contributed by atoms with E-state index in [9.17, 15) is 13.2 Å². The molecule has 0 unspecified atom stereocenters. The van der Waals surface area contributed by atoms with Crippen molar-refractivity contribution in [2.45, 2.75) is 25.9 Å². The molecule has 2 aromatic rings. The molecule has 19 heavy (non-hydrogen) atoms. The highest BCUT2D eigenvalue weighted by Gasteiger charge is 2.33. The number of rotatable bonds is 2. The lowest BCUT2D eigenvalue weighted by molar-refractivity contribution is -0.138. The van der Waals surface area contributed by atoms with Gasteiger partial charge in [-0.3, -0.25) is 0 Å². The van der Waals surface area contributed by atoms with Crippen LogP contribution in [0.2, 0.25) is 0 Å². The van der Waals surface area contributed by atoms with Gasteiger partial charge in [-0.05, 0) is 31.5 Å². The molecule has 0 bridgehead atoms. The zero-order valence-corrected chi connectivity index (χ0v) is 11.2. The Morgan fingerprint density at radius 1 is 1.26 bits per heavy atom. The maximum Gasteiger partial charge on any atom is 0.416 e. The summed E-state index contributed by atoms with van der Waals surface area (Å²) in [6, 6.07) is 4.12. The second-order valence-electron chi connectivity index (χ2n) is 4.26. The van der Waals surface area contributed by atoms with Gasteiger partial charge in [0.05, 0.1) is 17.6 Å². The van der Waals surface area contributed by atoms with Crippen LogP contribution in [0.1, 0.15) is 22.5 Å². The molecule has 0 saturated heterocycles. The molecular formula is C13H12ClF3N2. The van der Waals surface area contributed by atoms with E-state index in [1.807, 2.05) is 13.8 Å². The highest BCUT2D eigenvalue weighted by Crippen LogP contribution is 2.34. The van der Waals surface area contributed by atoms with Crippen LogP contribution >= 0.6 is 11.6 Å². The van der Waals surface area contributed by atoms with Crippen LogP contribution < -0.4 is 0 Å². The minimum atomic E-state index is -4.41. The van der Waals surface area contributed by atoms with E-state index in [1.54, 1.807) is 10.6 Å². The van der Waals surface area contributed by atoms with E-state index in [1.165, 1.54) is 12.4 Å². The zero-order valence-electron chi connectivity index (χ0n) is 10.4. The molecule has 0 aliphatic heterocycles. The molecule has 2 rings (SSSR count). The van der Waals surface area contributed by atoms with E-state index in [0.717, 1.165) is 17.5 Å². The predicted molar refractivity (Wildman–Crippen MR) is 67.6 cm³/mol. The molecule has 2 nitrogen and oxygen atoms in total. The average molecular weight is 289 g/mol. The van der Waals surface area contributed by atoms with Gasteiger partial charge in [0, 0.05) is 17.3 Å². The van der Waals surface area contributed by atoms with Crippen molar-refractivity contribution >= 4 is 11.6 Å². The van der Waals surface area contributed by atoms with Gasteiger partial charge in [0.15, 0.2) is 0 Å². The maximum atomic E-state index is 13.0. The van der Waals surface area contributed by atoms with Crippen LogP contribution in [0.3, 0.4) is 0 Å². The Kier molecular flexibility index (Phi) is 3.58. The predicted octanol–water partition coefficient (Wildman–Crippen LogP) is 4.25. The fraction of sp³-hybridized carbons (Fsp3) is 0.308. The van der Waals surface area contributed by atoms with Crippen molar-refractivity contribution in [3.05, 3.63) is 47.0 Å². The molecule has 0 aliphatic carbocycles. The molecule has 0 radical (unpaired) electrons. The molecule has 1 heterocycles. The van der Waals surface area contributed by atoms with Crippen molar-refractivity contribution in [1.29, 1.82) is 0 Å². The Morgan fingerprint density at radius 3 is 2.42 bits per heavy atom. The van der Waals surface area contributed by atoms with Crippen LogP contribution in [-0.2, 0) is 12.1 Å². The normalized spacial score (nSPS) is 11.9. The van der Waals surface area contributed by atoms with E-state index in [4.69, 9.17) is 11.6 Å². The summed E-state index contributed by atoms with van der Waals surface area (Å²) in [5, 5.41) is 0. The Bertz CT molecular complexity index is 602. The summed E-state index contributed by atoms with van der Waals surface area (Å²) in [6.07, 6.45) is -2.90. The van der Waals surface area contributed by atoms with Crippen LogP contribution in [0.15, 0.2) is 24.5 Å². The number of aryl methyl sites for hydroxylation is 1. The summed E-state index contributed by atoms with van der Waals surface area (Å²) in [5.41, 5.74) is 1.40. The number of nitrogens with zero attached hydrogens (tertiary/aromatic N) is 2. The number of hydrogen-bond acceptors (Lipinski definition) is 1.